The van der Waals surface area contributed by atoms with E-state index in [2.05, 4.69) is 25.8 Å². The molecule has 0 radical (unpaired) electrons. The molecule has 0 spiro atoms. The van der Waals surface area contributed by atoms with E-state index in [4.69, 9.17) is 0 Å². The van der Waals surface area contributed by atoms with Gasteiger partial charge in [-0.2, -0.15) is 0 Å². The van der Waals surface area contributed by atoms with Gasteiger partial charge in [-0.05, 0) is 13.8 Å². The molecule has 0 atom stereocenters. The van der Waals surface area contributed by atoms with E-state index >= 15 is 0 Å². The summed E-state index contributed by atoms with van der Waals surface area (Å²) in [4.78, 5) is 2.25. The molecule has 0 amide bonds. The second kappa shape index (κ2) is 1.25. The first-order chi connectivity index (χ1) is 3.22. The third-order valence-electron chi connectivity index (χ3n) is 1.32. The Labute approximate surface area is 44.6 Å². The summed E-state index contributed by atoms with van der Waals surface area (Å²) in [6.07, 6.45) is 0. The zero-order chi connectivity index (χ0) is 5.44. The first kappa shape index (κ1) is 4.69. The first-order valence-corrected chi connectivity index (χ1v) is 2.59. The largest absolute Gasteiger partial charge is 0.371 e. The van der Waals surface area contributed by atoms with Crippen LogP contribution in [0.1, 0.15) is 13.8 Å². The quantitative estimate of drug-likeness (QED) is 0.411. The van der Waals surface area contributed by atoms with Crippen LogP contribution in [0.15, 0.2) is 11.3 Å². The Morgan fingerprint density at radius 3 is 2.00 bits per heavy atom. The summed E-state index contributed by atoms with van der Waals surface area (Å²) >= 11 is 0. The fraction of sp³-hybridized carbons (Fsp3) is 0.667. The molecule has 0 aromatic carbocycles. The van der Waals surface area contributed by atoms with Crippen molar-refractivity contribution in [3.63, 3.8) is 0 Å². The van der Waals surface area contributed by atoms with Gasteiger partial charge in [0, 0.05) is 12.7 Å². The minimum absolute atomic E-state index is 1.20. The van der Waals surface area contributed by atoms with E-state index in [-0.39, 0.29) is 0 Å². The van der Waals surface area contributed by atoms with Gasteiger partial charge in [0.15, 0.2) is 0 Å². The Bertz CT molecular complexity index is 109. The molecule has 1 aliphatic rings. The predicted octanol–water partition coefficient (Wildman–Crippen LogP) is 1.23. The molecule has 0 bridgehead atoms. The van der Waals surface area contributed by atoms with Crippen molar-refractivity contribution in [1.29, 1.82) is 0 Å². The summed E-state index contributed by atoms with van der Waals surface area (Å²) < 4.78 is 0. The van der Waals surface area contributed by atoms with Gasteiger partial charge in [0.25, 0.3) is 0 Å². The normalized spacial score (nSPS) is 17.6. The summed E-state index contributed by atoms with van der Waals surface area (Å²) in [7, 11) is 2.11. The summed E-state index contributed by atoms with van der Waals surface area (Å²) in [5, 5.41) is 0. The smallest absolute Gasteiger partial charge is 0.0572 e. The molecule has 1 heteroatoms. The molecule has 1 saturated heterocycles. The van der Waals surface area contributed by atoms with Crippen molar-refractivity contribution in [2.24, 2.45) is 0 Å². The standard InChI is InChI=1S/C6H11N/c1-5(2)6-4-7(6)3/h4H2,1-3H3. The zero-order valence-electron chi connectivity index (χ0n) is 5.15. The third kappa shape index (κ3) is 0.763. The summed E-state index contributed by atoms with van der Waals surface area (Å²) in [5.41, 5.74) is 2.97. The van der Waals surface area contributed by atoms with Gasteiger partial charge in [-0.3, -0.25) is 0 Å². The Balaban J connectivity index is 2.60. The van der Waals surface area contributed by atoms with Gasteiger partial charge in [0.2, 0.25) is 0 Å². The van der Waals surface area contributed by atoms with Crippen LogP contribution >= 0.6 is 0 Å². The Morgan fingerprint density at radius 1 is 1.57 bits per heavy atom. The maximum Gasteiger partial charge on any atom is 0.0572 e. The maximum atomic E-state index is 2.25. The summed E-state index contributed by atoms with van der Waals surface area (Å²) in [5.74, 6) is 0. The van der Waals surface area contributed by atoms with Crippen LogP contribution in [-0.4, -0.2) is 18.5 Å². The molecule has 0 N–H and O–H groups in total. The highest BCUT2D eigenvalue weighted by Crippen LogP contribution is 2.21. The number of hydrogen-bond donors (Lipinski definition) is 0. The van der Waals surface area contributed by atoms with Crippen LogP contribution in [0, 0.1) is 0 Å². The monoisotopic (exact) mass is 97.1 g/mol. The van der Waals surface area contributed by atoms with Crippen LogP contribution in [0.2, 0.25) is 0 Å². The fourth-order valence-electron chi connectivity index (χ4n) is 0.729. The highest BCUT2D eigenvalue weighted by Gasteiger charge is 2.19. The molecule has 1 fully saturated rings. The minimum atomic E-state index is 1.20. The third-order valence-corrected chi connectivity index (χ3v) is 1.32. The Morgan fingerprint density at radius 2 is 2.00 bits per heavy atom. The molecule has 1 rings (SSSR count). The topological polar surface area (TPSA) is 3.01 Å². The maximum absolute atomic E-state index is 2.25. The molecule has 40 valence electrons. The number of hydrogen-bond acceptors (Lipinski definition) is 1. The van der Waals surface area contributed by atoms with E-state index in [0.717, 1.165) is 0 Å². The van der Waals surface area contributed by atoms with E-state index in [1.165, 1.54) is 17.8 Å². The number of allylic oxidation sites excluding steroid dienone is 1. The van der Waals surface area contributed by atoms with Crippen molar-refractivity contribution in [1.82, 2.24) is 4.90 Å². The van der Waals surface area contributed by atoms with Crippen LogP contribution < -0.4 is 0 Å². The van der Waals surface area contributed by atoms with Crippen LogP contribution in [0.3, 0.4) is 0 Å². The summed E-state index contributed by atoms with van der Waals surface area (Å²) in [6.45, 7) is 5.50. The fourth-order valence-corrected chi connectivity index (χ4v) is 0.729. The lowest BCUT2D eigenvalue weighted by molar-refractivity contribution is 0.725. The molecule has 0 saturated carbocycles. The van der Waals surface area contributed by atoms with Gasteiger partial charge >= 0.3 is 0 Å². The van der Waals surface area contributed by atoms with E-state index < -0.39 is 0 Å². The lowest BCUT2D eigenvalue weighted by Crippen LogP contribution is -1.77. The molecule has 0 aliphatic carbocycles. The van der Waals surface area contributed by atoms with Crippen molar-refractivity contribution < 1.29 is 0 Å². The molecular weight excluding hydrogens is 86.1 g/mol. The van der Waals surface area contributed by atoms with E-state index in [0.29, 0.717) is 0 Å². The van der Waals surface area contributed by atoms with Crippen LogP contribution in [0.25, 0.3) is 0 Å². The Hall–Kier alpha value is -0.460. The molecule has 1 nitrogen and oxygen atoms in total. The van der Waals surface area contributed by atoms with Crippen molar-refractivity contribution >= 4 is 0 Å². The summed E-state index contributed by atoms with van der Waals surface area (Å²) in [6, 6.07) is 0. The van der Waals surface area contributed by atoms with Crippen LogP contribution in [-0.2, 0) is 0 Å². The number of nitrogens with zero attached hydrogens (tertiary/aromatic N) is 1. The van der Waals surface area contributed by atoms with Crippen LogP contribution in [0.5, 0.6) is 0 Å². The number of rotatable bonds is 0. The van der Waals surface area contributed by atoms with Crippen molar-refractivity contribution in [3.05, 3.63) is 11.3 Å². The first-order valence-electron chi connectivity index (χ1n) is 2.59. The lowest BCUT2D eigenvalue weighted by Gasteiger charge is -1.83. The van der Waals surface area contributed by atoms with Crippen molar-refractivity contribution in [2.75, 3.05) is 13.6 Å². The molecular formula is C6H11N. The van der Waals surface area contributed by atoms with Gasteiger partial charge in [0.05, 0.1) is 6.54 Å². The SMILES string of the molecule is CC(C)=C1CN1C. The van der Waals surface area contributed by atoms with Gasteiger partial charge in [-0.15, -0.1) is 0 Å². The van der Waals surface area contributed by atoms with Gasteiger partial charge < -0.3 is 4.90 Å². The van der Waals surface area contributed by atoms with Crippen molar-refractivity contribution in [2.45, 2.75) is 13.8 Å². The lowest BCUT2D eigenvalue weighted by atomic mass is 10.3. The molecule has 0 aromatic heterocycles. The molecule has 1 heterocycles. The zero-order valence-corrected chi connectivity index (χ0v) is 5.15. The van der Waals surface area contributed by atoms with Crippen LogP contribution in [0.4, 0.5) is 0 Å². The average Bonchev–Trinajstić information content (AvgIpc) is 2.17. The van der Waals surface area contributed by atoms with E-state index in [1.807, 2.05) is 0 Å². The highest BCUT2D eigenvalue weighted by molar-refractivity contribution is 5.21. The highest BCUT2D eigenvalue weighted by atomic mass is 15.3. The van der Waals surface area contributed by atoms with Gasteiger partial charge in [-0.25, -0.2) is 0 Å². The van der Waals surface area contributed by atoms with Gasteiger partial charge in [0.1, 0.15) is 0 Å². The Kier molecular flexibility index (Phi) is 0.841. The molecule has 0 unspecified atom stereocenters. The average molecular weight is 97.2 g/mol. The van der Waals surface area contributed by atoms with Crippen molar-refractivity contribution in [3.8, 4) is 0 Å². The number of likely N-dealkylation sites (N-methyl/N-ethyl adjacent to an activating group) is 1. The minimum Gasteiger partial charge on any atom is -0.371 e. The van der Waals surface area contributed by atoms with Gasteiger partial charge in [-0.1, -0.05) is 5.57 Å². The van der Waals surface area contributed by atoms with E-state index in [1.54, 1.807) is 0 Å². The predicted molar refractivity (Wildman–Crippen MR) is 31.0 cm³/mol. The second-order valence-electron chi connectivity index (χ2n) is 2.30. The molecule has 1 aliphatic heterocycles. The second-order valence-corrected chi connectivity index (χ2v) is 2.30. The molecule has 7 heavy (non-hydrogen) atoms. The van der Waals surface area contributed by atoms with E-state index in [9.17, 15) is 0 Å². The molecule has 0 aromatic rings.